The van der Waals surface area contributed by atoms with Crippen LogP contribution < -0.4 is 15.4 Å². The maximum Gasteiger partial charge on any atom is 0.191 e. The van der Waals surface area contributed by atoms with Crippen LogP contribution in [0.1, 0.15) is 36.8 Å². The number of rotatable bonds is 10. The van der Waals surface area contributed by atoms with E-state index in [0.717, 1.165) is 50.9 Å². The molecule has 0 radical (unpaired) electrons. The molecule has 1 aromatic heterocycles. The van der Waals surface area contributed by atoms with Gasteiger partial charge in [-0.15, -0.1) is 24.0 Å². The van der Waals surface area contributed by atoms with Gasteiger partial charge in [-0.1, -0.05) is 19.1 Å². The minimum absolute atomic E-state index is 0. The fraction of sp³-hybridized carbons (Fsp3) is 0.542. The number of thiophene rings is 1. The zero-order chi connectivity index (χ0) is 21.9. The number of guanidine groups is 1. The number of hydrogen-bond donors (Lipinski definition) is 2. The number of likely N-dealkylation sites (N-methyl/N-ethyl adjacent to an activating group) is 1. The molecule has 1 aliphatic heterocycles. The van der Waals surface area contributed by atoms with Gasteiger partial charge in [0.05, 0.1) is 0 Å². The summed E-state index contributed by atoms with van der Waals surface area (Å²) in [6.45, 7) is 7.13. The Bertz CT molecular complexity index is 797. The molecule has 1 atom stereocenters. The second-order valence-electron chi connectivity index (χ2n) is 8.08. The quantitative estimate of drug-likeness (QED) is 0.252. The predicted molar refractivity (Wildman–Crippen MR) is 145 cm³/mol. The normalized spacial score (nSPS) is 15.8. The maximum absolute atomic E-state index is 6.02. The molecular weight excluding hydrogens is 535 g/mol. The summed E-state index contributed by atoms with van der Waals surface area (Å²) >= 11 is 1.74. The Balaban J connectivity index is 0.00000363. The van der Waals surface area contributed by atoms with Gasteiger partial charge in [0.25, 0.3) is 0 Å². The van der Waals surface area contributed by atoms with Crippen molar-refractivity contribution in [3.63, 3.8) is 0 Å². The molecule has 0 spiro atoms. The molecular formula is C24H37IN4O2S. The van der Waals surface area contributed by atoms with Gasteiger partial charge in [-0.3, -0.25) is 9.89 Å². The lowest BCUT2D eigenvalue weighted by Crippen LogP contribution is -2.38. The van der Waals surface area contributed by atoms with Crippen molar-refractivity contribution in [3.05, 3.63) is 52.2 Å². The number of hydrogen-bond acceptors (Lipinski definition) is 5. The van der Waals surface area contributed by atoms with E-state index in [0.29, 0.717) is 25.1 Å². The molecule has 0 aliphatic carbocycles. The molecule has 1 unspecified atom stereocenters. The highest BCUT2D eigenvalue weighted by Gasteiger charge is 2.18. The van der Waals surface area contributed by atoms with Crippen LogP contribution in [-0.4, -0.2) is 63.9 Å². The average Bonchev–Trinajstić information content (AvgIpc) is 3.35. The molecule has 0 saturated carbocycles. The van der Waals surface area contributed by atoms with Crippen LogP contribution in [0, 0.1) is 0 Å². The van der Waals surface area contributed by atoms with Crippen molar-refractivity contribution in [2.75, 3.05) is 47.0 Å². The van der Waals surface area contributed by atoms with E-state index in [2.05, 4.69) is 63.5 Å². The van der Waals surface area contributed by atoms with Gasteiger partial charge in [0, 0.05) is 45.9 Å². The second kappa shape index (κ2) is 14.7. The van der Waals surface area contributed by atoms with Gasteiger partial charge in [-0.25, -0.2) is 0 Å². The molecule has 1 saturated heterocycles. The summed E-state index contributed by atoms with van der Waals surface area (Å²) in [5.74, 6) is 2.17. The molecule has 0 amide bonds. The topological polar surface area (TPSA) is 58.1 Å². The molecule has 0 bridgehead atoms. The highest BCUT2D eigenvalue weighted by molar-refractivity contribution is 14.0. The van der Waals surface area contributed by atoms with E-state index < -0.39 is 0 Å². The van der Waals surface area contributed by atoms with Crippen LogP contribution in [0.2, 0.25) is 0 Å². The molecule has 3 rings (SSSR count). The van der Waals surface area contributed by atoms with Crippen molar-refractivity contribution in [1.29, 1.82) is 0 Å². The molecule has 6 nitrogen and oxygen atoms in total. The van der Waals surface area contributed by atoms with E-state index >= 15 is 0 Å². The molecule has 178 valence electrons. The summed E-state index contributed by atoms with van der Waals surface area (Å²) in [7, 11) is 3.98. The summed E-state index contributed by atoms with van der Waals surface area (Å²) in [6.07, 6.45) is 2.22. The third-order valence-corrected chi connectivity index (χ3v) is 6.50. The van der Waals surface area contributed by atoms with Crippen LogP contribution in [-0.2, 0) is 11.3 Å². The first kappa shape index (κ1) is 26.9. The number of ether oxygens (including phenoxy) is 2. The van der Waals surface area contributed by atoms with E-state index in [1.165, 1.54) is 11.1 Å². The Hall–Kier alpha value is -1.36. The number of halogens is 1. The highest BCUT2D eigenvalue weighted by atomic mass is 127. The zero-order valence-corrected chi connectivity index (χ0v) is 22.5. The maximum atomic E-state index is 6.02. The number of nitrogens with one attached hydrogen (secondary N) is 2. The van der Waals surface area contributed by atoms with Crippen LogP contribution in [0.5, 0.6) is 5.75 Å². The average molecular weight is 573 g/mol. The van der Waals surface area contributed by atoms with Gasteiger partial charge in [-0.05, 0) is 65.9 Å². The first-order valence-corrected chi connectivity index (χ1v) is 12.1. The van der Waals surface area contributed by atoms with Crippen molar-refractivity contribution >= 4 is 41.3 Å². The third-order valence-electron chi connectivity index (χ3n) is 5.80. The standard InChI is InChI=1S/C24H36N4O2S.HI/c1-19(21-9-14-31-18-21)16-26-24(25-2)27-17-20-5-4-6-23(15-20)30-13-10-28(3)22-7-11-29-12-8-22;/h4-6,9,14-15,18-19,22H,7-8,10-13,16-17H2,1-3H3,(H2,25,26,27);1H. The first-order valence-electron chi connectivity index (χ1n) is 11.1. The summed E-state index contributed by atoms with van der Waals surface area (Å²) < 4.78 is 11.5. The minimum atomic E-state index is 0. The van der Waals surface area contributed by atoms with E-state index in [1.807, 2.05) is 12.1 Å². The van der Waals surface area contributed by atoms with Crippen molar-refractivity contribution in [1.82, 2.24) is 15.5 Å². The summed E-state index contributed by atoms with van der Waals surface area (Å²) in [5, 5.41) is 11.1. The molecule has 2 aromatic rings. The lowest BCUT2D eigenvalue weighted by atomic mass is 10.1. The largest absolute Gasteiger partial charge is 0.492 e. The number of benzene rings is 1. The summed E-state index contributed by atoms with van der Waals surface area (Å²) in [6, 6.07) is 11.1. The van der Waals surface area contributed by atoms with E-state index in [9.17, 15) is 0 Å². The minimum Gasteiger partial charge on any atom is -0.492 e. The van der Waals surface area contributed by atoms with Gasteiger partial charge in [-0.2, -0.15) is 11.3 Å². The monoisotopic (exact) mass is 572 g/mol. The van der Waals surface area contributed by atoms with Gasteiger partial charge < -0.3 is 20.1 Å². The SMILES string of the molecule is CN=C(NCc1cccc(OCCN(C)C2CCOCC2)c1)NCC(C)c1ccsc1.I. The van der Waals surface area contributed by atoms with Crippen LogP contribution in [0.4, 0.5) is 0 Å². The van der Waals surface area contributed by atoms with Crippen molar-refractivity contribution in [3.8, 4) is 5.75 Å². The summed E-state index contributed by atoms with van der Waals surface area (Å²) in [5.41, 5.74) is 2.53. The fourth-order valence-corrected chi connectivity index (χ4v) is 4.47. The molecule has 1 aliphatic rings. The molecule has 2 heterocycles. The van der Waals surface area contributed by atoms with Crippen molar-refractivity contribution in [2.24, 2.45) is 4.99 Å². The zero-order valence-electron chi connectivity index (χ0n) is 19.4. The predicted octanol–water partition coefficient (Wildman–Crippen LogP) is 4.32. The van der Waals surface area contributed by atoms with Crippen LogP contribution in [0.3, 0.4) is 0 Å². The van der Waals surface area contributed by atoms with Gasteiger partial charge in [0.2, 0.25) is 0 Å². The van der Waals surface area contributed by atoms with Gasteiger partial charge >= 0.3 is 0 Å². The Kier molecular flexibility index (Phi) is 12.4. The van der Waals surface area contributed by atoms with Gasteiger partial charge in [0.15, 0.2) is 5.96 Å². The fourth-order valence-electron chi connectivity index (χ4n) is 3.69. The molecule has 8 heteroatoms. The molecule has 32 heavy (non-hydrogen) atoms. The molecule has 1 fully saturated rings. The van der Waals surface area contributed by atoms with E-state index in [1.54, 1.807) is 18.4 Å². The smallest absolute Gasteiger partial charge is 0.191 e. The highest BCUT2D eigenvalue weighted by Crippen LogP contribution is 2.17. The van der Waals surface area contributed by atoms with E-state index in [-0.39, 0.29) is 24.0 Å². The van der Waals surface area contributed by atoms with E-state index in [4.69, 9.17) is 9.47 Å². The van der Waals surface area contributed by atoms with Crippen molar-refractivity contribution < 1.29 is 9.47 Å². The first-order chi connectivity index (χ1) is 15.2. The molecule has 2 N–H and O–H groups in total. The van der Waals surface area contributed by atoms with Gasteiger partial charge in [0.1, 0.15) is 12.4 Å². The van der Waals surface area contributed by atoms with Crippen LogP contribution >= 0.6 is 35.3 Å². The Morgan fingerprint density at radius 3 is 2.81 bits per heavy atom. The Morgan fingerprint density at radius 2 is 2.09 bits per heavy atom. The van der Waals surface area contributed by atoms with Crippen LogP contribution in [0.25, 0.3) is 0 Å². The third kappa shape index (κ3) is 8.88. The molecule has 1 aromatic carbocycles. The van der Waals surface area contributed by atoms with Crippen LogP contribution in [0.15, 0.2) is 46.1 Å². The number of aliphatic imine (C=N–C) groups is 1. The second-order valence-corrected chi connectivity index (χ2v) is 8.86. The summed E-state index contributed by atoms with van der Waals surface area (Å²) in [4.78, 5) is 6.73. The van der Waals surface area contributed by atoms with Crippen molar-refractivity contribution in [2.45, 2.75) is 38.3 Å². The lowest BCUT2D eigenvalue weighted by molar-refractivity contribution is 0.0392. The lowest BCUT2D eigenvalue weighted by Gasteiger charge is -2.31. The number of nitrogens with zero attached hydrogens (tertiary/aromatic N) is 2. The Labute approximate surface area is 213 Å². The Morgan fingerprint density at radius 1 is 1.28 bits per heavy atom.